The number of carbonyl (C=O) groups excluding carboxylic acids is 3. The molecule has 0 aliphatic heterocycles. The second-order valence-corrected chi connectivity index (χ2v) is 6.18. The Bertz CT molecular complexity index is 952. The van der Waals surface area contributed by atoms with E-state index in [1.54, 1.807) is 38.2 Å². The predicted molar refractivity (Wildman–Crippen MR) is 105 cm³/mol. The van der Waals surface area contributed by atoms with Gasteiger partial charge in [0.2, 0.25) is 11.7 Å². The van der Waals surface area contributed by atoms with Crippen LogP contribution >= 0.6 is 0 Å². The van der Waals surface area contributed by atoms with E-state index >= 15 is 0 Å². The number of amides is 1. The fourth-order valence-electron chi connectivity index (χ4n) is 3.24. The Morgan fingerprint density at radius 1 is 0.929 bits per heavy atom. The molecule has 0 heterocycles. The van der Waals surface area contributed by atoms with E-state index in [9.17, 15) is 14.4 Å². The van der Waals surface area contributed by atoms with Crippen molar-refractivity contribution < 1.29 is 23.9 Å². The van der Waals surface area contributed by atoms with Gasteiger partial charge in [0.1, 0.15) is 11.5 Å². The second-order valence-electron chi connectivity index (χ2n) is 6.18. The van der Waals surface area contributed by atoms with Crippen molar-refractivity contribution in [2.75, 3.05) is 32.1 Å². The molecule has 1 aliphatic rings. The summed E-state index contributed by atoms with van der Waals surface area (Å²) >= 11 is 0. The van der Waals surface area contributed by atoms with E-state index in [0.29, 0.717) is 24.7 Å². The Morgan fingerprint density at radius 3 is 2.29 bits per heavy atom. The van der Waals surface area contributed by atoms with Crippen molar-refractivity contribution in [3.05, 3.63) is 52.6 Å². The first-order chi connectivity index (χ1) is 13.5. The van der Waals surface area contributed by atoms with Crippen LogP contribution in [0.5, 0.6) is 11.5 Å². The van der Waals surface area contributed by atoms with Gasteiger partial charge in [0.05, 0.1) is 30.9 Å². The fourth-order valence-corrected chi connectivity index (χ4v) is 3.24. The molecule has 7 nitrogen and oxygen atoms in total. The standard InChI is InChI=1S/C21H22N2O5/c1-4-27-15-8-6-7-13-18(15)21(26)19-14(20(13)25)9-12(10-16(19)28-5-2)23-17(24)11-22-3/h6-10,22H,4-5,11H2,1-3H3,(H,23,24). The Morgan fingerprint density at radius 2 is 1.61 bits per heavy atom. The average Bonchev–Trinajstić information content (AvgIpc) is 2.66. The molecule has 7 heteroatoms. The van der Waals surface area contributed by atoms with E-state index < -0.39 is 0 Å². The number of fused-ring (bicyclic) bond motifs is 2. The van der Waals surface area contributed by atoms with Crippen molar-refractivity contribution in [3.63, 3.8) is 0 Å². The van der Waals surface area contributed by atoms with E-state index in [1.165, 1.54) is 6.07 Å². The number of hydrogen-bond acceptors (Lipinski definition) is 6. The van der Waals surface area contributed by atoms with Gasteiger partial charge in [0.15, 0.2) is 5.78 Å². The van der Waals surface area contributed by atoms with Crippen LogP contribution in [-0.2, 0) is 4.79 Å². The molecular weight excluding hydrogens is 360 g/mol. The molecule has 146 valence electrons. The Balaban J connectivity index is 2.15. The number of anilines is 1. The van der Waals surface area contributed by atoms with Crippen LogP contribution < -0.4 is 20.1 Å². The molecule has 1 amide bonds. The highest BCUT2D eigenvalue weighted by molar-refractivity contribution is 6.30. The summed E-state index contributed by atoms with van der Waals surface area (Å²) in [6.07, 6.45) is 0. The third kappa shape index (κ3) is 3.48. The maximum atomic E-state index is 13.3. The van der Waals surface area contributed by atoms with E-state index in [4.69, 9.17) is 9.47 Å². The maximum absolute atomic E-state index is 13.3. The molecule has 0 saturated carbocycles. The number of hydrogen-bond donors (Lipinski definition) is 2. The van der Waals surface area contributed by atoms with Gasteiger partial charge in [-0.15, -0.1) is 0 Å². The summed E-state index contributed by atoms with van der Waals surface area (Å²) in [4.78, 5) is 38.3. The van der Waals surface area contributed by atoms with Gasteiger partial charge in [-0.3, -0.25) is 14.4 Å². The molecule has 0 spiro atoms. The number of benzene rings is 2. The summed E-state index contributed by atoms with van der Waals surface area (Å²) in [5, 5.41) is 5.47. The molecule has 0 fully saturated rings. The molecule has 2 N–H and O–H groups in total. The van der Waals surface area contributed by atoms with Crippen LogP contribution in [0.4, 0.5) is 5.69 Å². The molecule has 0 radical (unpaired) electrons. The number of likely N-dealkylation sites (N-methyl/N-ethyl adjacent to an activating group) is 1. The van der Waals surface area contributed by atoms with Crippen LogP contribution in [0.15, 0.2) is 30.3 Å². The van der Waals surface area contributed by atoms with Gasteiger partial charge in [-0.1, -0.05) is 12.1 Å². The Labute approximate surface area is 163 Å². The topological polar surface area (TPSA) is 93.7 Å². The quantitative estimate of drug-likeness (QED) is 0.652. The number of nitrogens with one attached hydrogen (secondary N) is 2. The molecule has 28 heavy (non-hydrogen) atoms. The molecule has 0 unspecified atom stereocenters. The van der Waals surface area contributed by atoms with Crippen LogP contribution in [-0.4, -0.2) is 44.3 Å². The van der Waals surface area contributed by atoms with Crippen LogP contribution in [0.3, 0.4) is 0 Å². The van der Waals surface area contributed by atoms with Crippen molar-refractivity contribution in [2.45, 2.75) is 13.8 Å². The van der Waals surface area contributed by atoms with Crippen molar-refractivity contribution in [3.8, 4) is 11.5 Å². The zero-order valence-electron chi connectivity index (χ0n) is 16.0. The summed E-state index contributed by atoms with van der Waals surface area (Å²) in [6.45, 7) is 4.40. The van der Waals surface area contributed by atoms with Gasteiger partial charge in [-0.05, 0) is 33.0 Å². The van der Waals surface area contributed by atoms with E-state index in [1.807, 2.05) is 6.92 Å². The number of ether oxygens (including phenoxy) is 2. The van der Waals surface area contributed by atoms with E-state index in [-0.39, 0.29) is 52.0 Å². The highest BCUT2D eigenvalue weighted by Gasteiger charge is 2.35. The van der Waals surface area contributed by atoms with Crippen LogP contribution in [0.2, 0.25) is 0 Å². The molecular formula is C21H22N2O5. The van der Waals surface area contributed by atoms with Crippen molar-refractivity contribution in [2.24, 2.45) is 0 Å². The van der Waals surface area contributed by atoms with Gasteiger partial charge < -0.3 is 20.1 Å². The van der Waals surface area contributed by atoms with Crippen LogP contribution in [0, 0.1) is 0 Å². The highest BCUT2D eigenvalue weighted by atomic mass is 16.5. The number of rotatable bonds is 7. The first-order valence-corrected chi connectivity index (χ1v) is 9.12. The van der Waals surface area contributed by atoms with Crippen LogP contribution in [0.25, 0.3) is 0 Å². The lowest BCUT2D eigenvalue weighted by molar-refractivity contribution is -0.115. The van der Waals surface area contributed by atoms with Gasteiger partial charge in [-0.2, -0.15) is 0 Å². The summed E-state index contributed by atoms with van der Waals surface area (Å²) in [5.41, 5.74) is 1.32. The zero-order valence-corrected chi connectivity index (χ0v) is 16.0. The monoisotopic (exact) mass is 382 g/mol. The third-order valence-corrected chi connectivity index (χ3v) is 4.29. The Kier molecular flexibility index (Phi) is 5.75. The molecule has 2 aromatic rings. The van der Waals surface area contributed by atoms with Gasteiger partial charge in [0.25, 0.3) is 0 Å². The minimum Gasteiger partial charge on any atom is -0.493 e. The first kappa shape index (κ1) is 19.6. The third-order valence-electron chi connectivity index (χ3n) is 4.29. The molecule has 3 rings (SSSR count). The summed E-state index contributed by atoms with van der Waals surface area (Å²) in [7, 11) is 1.66. The lowest BCUT2D eigenvalue weighted by atomic mass is 9.82. The molecule has 0 saturated heterocycles. The zero-order chi connectivity index (χ0) is 20.3. The first-order valence-electron chi connectivity index (χ1n) is 9.12. The molecule has 0 bridgehead atoms. The Hall–Kier alpha value is -3.19. The van der Waals surface area contributed by atoms with E-state index in [2.05, 4.69) is 10.6 Å². The van der Waals surface area contributed by atoms with Gasteiger partial charge in [-0.25, -0.2) is 0 Å². The van der Waals surface area contributed by atoms with E-state index in [0.717, 1.165) is 0 Å². The molecule has 0 atom stereocenters. The predicted octanol–water partition coefficient (Wildman–Crippen LogP) is 2.42. The smallest absolute Gasteiger partial charge is 0.238 e. The summed E-state index contributed by atoms with van der Waals surface area (Å²) < 4.78 is 11.2. The number of ketones is 2. The fraction of sp³-hybridized carbons (Fsp3) is 0.286. The largest absolute Gasteiger partial charge is 0.493 e. The summed E-state index contributed by atoms with van der Waals surface area (Å²) in [6, 6.07) is 8.04. The van der Waals surface area contributed by atoms with Gasteiger partial charge >= 0.3 is 0 Å². The molecule has 0 aromatic heterocycles. The normalized spacial score (nSPS) is 12.2. The minimum atomic E-state index is -0.329. The van der Waals surface area contributed by atoms with Crippen molar-refractivity contribution in [1.29, 1.82) is 0 Å². The van der Waals surface area contributed by atoms with Gasteiger partial charge in [0, 0.05) is 22.9 Å². The minimum absolute atomic E-state index is 0.120. The maximum Gasteiger partial charge on any atom is 0.238 e. The lowest BCUT2D eigenvalue weighted by Crippen LogP contribution is -2.26. The number of carbonyl (C=O) groups is 3. The van der Waals surface area contributed by atoms with Crippen molar-refractivity contribution >= 4 is 23.2 Å². The molecule has 2 aromatic carbocycles. The SMILES string of the molecule is CCOc1cccc2c1C(=O)c1c(OCC)cc(NC(=O)CNC)cc1C2=O. The highest BCUT2D eigenvalue weighted by Crippen LogP contribution is 2.39. The average molecular weight is 382 g/mol. The van der Waals surface area contributed by atoms with Crippen LogP contribution in [0.1, 0.15) is 45.7 Å². The second kappa shape index (κ2) is 8.22. The van der Waals surface area contributed by atoms with Crippen molar-refractivity contribution in [1.82, 2.24) is 5.32 Å². The lowest BCUT2D eigenvalue weighted by Gasteiger charge is -2.23. The summed E-state index contributed by atoms with van der Waals surface area (Å²) in [5.74, 6) is -0.270. The molecule has 1 aliphatic carbocycles.